The molecule has 0 saturated heterocycles. The monoisotopic (exact) mass is 170 g/mol. The molecule has 1 saturated carbocycles. The Morgan fingerprint density at radius 2 is 1.92 bits per heavy atom. The minimum Gasteiger partial charge on any atom is -0.329 e. The molecule has 1 aliphatic rings. The molecule has 0 heterocycles. The molecule has 1 aliphatic carbocycles. The van der Waals surface area contributed by atoms with Gasteiger partial charge in [-0.15, -0.1) is 0 Å². The predicted molar refractivity (Wildman–Crippen MR) is 52.8 cm³/mol. The van der Waals surface area contributed by atoms with Crippen molar-refractivity contribution in [3.63, 3.8) is 0 Å². The normalized spacial score (nSPS) is 36.8. The van der Waals surface area contributed by atoms with Crippen molar-refractivity contribution >= 4 is 0 Å². The number of nitrogens with two attached hydrogens (primary N) is 2. The summed E-state index contributed by atoms with van der Waals surface area (Å²) in [5.41, 5.74) is 11.7. The summed E-state index contributed by atoms with van der Waals surface area (Å²) in [5, 5.41) is 0. The first-order chi connectivity index (χ1) is 5.70. The summed E-state index contributed by atoms with van der Waals surface area (Å²) in [4.78, 5) is 0. The van der Waals surface area contributed by atoms with E-state index >= 15 is 0 Å². The molecular weight excluding hydrogens is 148 g/mol. The van der Waals surface area contributed by atoms with E-state index in [1.807, 2.05) is 0 Å². The standard InChI is InChI=1S/C10H22N2/c1-2-3-9-4-6-10(12,8-11)7-5-9/h9H,2-8,11-12H2,1H3. The van der Waals surface area contributed by atoms with E-state index < -0.39 is 0 Å². The summed E-state index contributed by atoms with van der Waals surface area (Å²) in [6.45, 7) is 2.92. The lowest BCUT2D eigenvalue weighted by Gasteiger charge is -2.36. The topological polar surface area (TPSA) is 52.0 Å². The van der Waals surface area contributed by atoms with E-state index in [2.05, 4.69) is 6.92 Å². The Morgan fingerprint density at radius 3 is 2.33 bits per heavy atom. The van der Waals surface area contributed by atoms with Crippen LogP contribution in [0.5, 0.6) is 0 Å². The molecule has 0 radical (unpaired) electrons. The Kier molecular flexibility index (Phi) is 3.53. The fourth-order valence-electron chi connectivity index (χ4n) is 2.15. The molecule has 2 heteroatoms. The molecule has 0 aromatic heterocycles. The Hall–Kier alpha value is -0.0800. The van der Waals surface area contributed by atoms with Crippen molar-refractivity contribution in [1.82, 2.24) is 0 Å². The second-order valence-electron chi connectivity index (χ2n) is 4.30. The number of rotatable bonds is 3. The molecule has 0 aromatic rings. The van der Waals surface area contributed by atoms with Crippen LogP contribution in [0.1, 0.15) is 45.4 Å². The summed E-state index contributed by atoms with van der Waals surface area (Å²) in [5.74, 6) is 0.929. The zero-order valence-electron chi connectivity index (χ0n) is 8.18. The van der Waals surface area contributed by atoms with Gasteiger partial charge >= 0.3 is 0 Å². The Bertz CT molecular complexity index is 126. The lowest BCUT2D eigenvalue weighted by molar-refractivity contribution is 0.230. The molecule has 4 N–H and O–H groups in total. The molecule has 12 heavy (non-hydrogen) atoms. The quantitative estimate of drug-likeness (QED) is 0.676. The molecular formula is C10H22N2. The second kappa shape index (κ2) is 4.24. The van der Waals surface area contributed by atoms with Gasteiger partial charge in [0, 0.05) is 12.1 Å². The first-order valence-corrected chi connectivity index (χ1v) is 5.19. The van der Waals surface area contributed by atoms with Crippen LogP contribution in [0.4, 0.5) is 0 Å². The van der Waals surface area contributed by atoms with Crippen LogP contribution in [-0.4, -0.2) is 12.1 Å². The summed E-state index contributed by atoms with van der Waals surface area (Å²) >= 11 is 0. The van der Waals surface area contributed by atoms with Gasteiger partial charge in [0.15, 0.2) is 0 Å². The van der Waals surface area contributed by atoms with Gasteiger partial charge in [0.25, 0.3) is 0 Å². The third-order valence-corrected chi connectivity index (χ3v) is 3.20. The van der Waals surface area contributed by atoms with Crippen molar-refractivity contribution in [2.24, 2.45) is 17.4 Å². The third kappa shape index (κ3) is 2.46. The summed E-state index contributed by atoms with van der Waals surface area (Å²) in [6.07, 6.45) is 7.54. The maximum absolute atomic E-state index is 6.09. The van der Waals surface area contributed by atoms with E-state index in [1.165, 1.54) is 25.7 Å². The van der Waals surface area contributed by atoms with Crippen LogP contribution >= 0.6 is 0 Å². The van der Waals surface area contributed by atoms with Crippen LogP contribution < -0.4 is 11.5 Å². The van der Waals surface area contributed by atoms with E-state index in [0.717, 1.165) is 18.8 Å². The van der Waals surface area contributed by atoms with Crippen molar-refractivity contribution in [2.45, 2.75) is 51.0 Å². The molecule has 72 valence electrons. The van der Waals surface area contributed by atoms with Gasteiger partial charge in [0.2, 0.25) is 0 Å². The van der Waals surface area contributed by atoms with Gasteiger partial charge in [-0.2, -0.15) is 0 Å². The summed E-state index contributed by atoms with van der Waals surface area (Å²) < 4.78 is 0. The van der Waals surface area contributed by atoms with Crippen LogP contribution in [0.15, 0.2) is 0 Å². The van der Waals surface area contributed by atoms with Crippen molar-refractivity contribution in [3.8, 4) is 0 Å². The van der Waals surface area contributed by atoms with Gasteiger partial charge in [-0.3, -0.25) is 0 Å². The third-order valence-electron chi connectivity index (χ3n) is 3.20. The summed E-state index contributed by atoms with van der Waals surface area (Å²) in [7, 11) is 0. The van der Waals surface area contributed by atoms with E-state index in [-0.39, 0.29) is 5.54 Å². The molecule has 1 fully saturated rings. The smallest absolute Gasteiger partial charge is 0.0278 e. The van der Waals surface area contributed by atoms with Crippen LogP contribution in [0, 0.1) is 5.92 Å². The van der Waals surface area contributed by atoms with E-state index in [9.17, 15) is 0 Å². The Labute approximate surface area is 75.7 Å². The fraction of sp³-hybridized carbons (Fsp3) is 1.00. The zero-order chi connectivity index (χ0) is 9.03. The Balaban J connectivity index is 2.29. The maximum Gasteiger partial charge on any atom is 0.0278 e. The van der Waals surface area contributed by atoms with Gasteiger partial charge in [0.05, 0.1) is 0 Å². The molecule has 0 atom stereocenters. The molecule has 0 amide bonds. The van der Waals surface area contributed by atoms with Crippen LogP contribution in [0.2, 0.25) is 0 Å². The largest absolute Gasteiger partial charge is 0.329 e. The maximum atomic E-state index is 6.09. The van der Waals surface area contributed by atoms with Crippen molar-refractivity contribution in [2.75, 3.05) is 6.54 Å². The zero-order valence-corrected chi connectivity index (χ0v) is 8.18. The predicted octanol–water partition coefficient (Wildman–Crippen LogP) is 1.63. The van der Waals surface area contributed by atoms with E-state index in [0.29, 0.717) is 6.54 Å². The lowest BCUT2D eigenvalue weighted by atomic mass is 9.76. The van der Waals surface area contributed by atoms with Gasteiger partial charge in [-0.1, -0.05) is 19.8 Å². The fourth-order valence-corrected chi connectivity index (χ4v) is 2.15. The van der Waals surface area contributed by atoms with Crippen molar-refractivity contribution in [1.29, 1.82) is 0 Å². The average molecular weight is 170 g/mol. The molecule has 0 spiro atoms. The van der Waals surface area contributed by atoms with Gasteiger partial charge < -0.3 is 11.5 Å². The van der Waals surface area contributed by atoms with Gasteiger partial charge in [0.1, 0.15) is 0 Å². The summed E-state index contributed by atoms with van der Waals surface area (Å²) in [6, 6.07) is 0. The Morgan fingerprint density at radius 1 is 1.33 bits per heavy atom. The highest BCUT2D eigenvalue weighted by Crippen LogP contribution is 2.32. The molecule has 0 bridgehead atoms. The molecule has 0 aliphatic heterocycles. The highest BCUT2D eigenvalue weighted by molar-refractivity contribution is 4.90. The van der Waals surface area contributed by atoms with Gasteiger partial charge in [-0.25, -0.2) is 0 Å². The molecule has 1 rings (SSSR count). The van der Waals surface area contributed by atoms with Crippen LogP contribution in [0.3, 0.4) is 0 Å². The van der Waals surface area contributed by atoms with E-state index in [4.69, 9.17) is 11.5 Å². The van der Waals surface area contributed by atoms with Gasteiger partial charge in [-0.05, 0) is 31.6 Å². The number of hydrogen-bond acceptors (Lipinski definition) is 2. The first kappa shape index (κ1) is 10.0. The highest BCUT2D eigenvalue weighted by atomic mass is 14.8. The minimum absolute atomic E-state index is 0.0236. The van der Waals surface area contributed by atoms with E-state index in [1.54, 1.807) is 0 Å². The van der Waals surface area contributed by atoms with Crippen molar-refractivity contribution < 1.29 is 0 Å². The lowest BCUT2D eigenvalue weighted by Crippen LogP contribution is -2.49. The van der Waals surface area contributed by atoms with Crippen LogP contribution in [0.25, 0.3) is 0 Å². The SMILES string of the molecule is CCCC1CCC(N)(CN)CC1. The number of hydrogen-bond donors (Lipinski definition) is 2. The first-order valence-electron chi connectivity index (χ1n) is 5.19. The second-order valence-corrected chi connectivity index (χ2v) is 4.30. The van der Waals surface area contributed by atoms with Crippen molar-refractivity contribution in [3.05, 3.63) is 0 Å². The molecule has 2 nitrogen and oxygen atoms in total. The minimum atomic E-state index is -0.0236. The van der Waals surface area contributed by atoms with Crippen LogP contribution in [-0.2, 0) is 0 Å². The molecule has 0 unspecified atom stereocenters. The average Bonchev–Trinajstić information content (AvgIpc) is 2.10. The highest BCUT2D eigenvalue weighted by Gasteiger charge is 2.29. The molecule has 0 aromatic carbocycles.